The van der Waals surface area contributed by atoms with E-state index in [4.69, 9.17) is 5.73 Å². The summed E-state index contributed by atoms with van der Waals surface area (Å²) in [5.41, 5.74) is 5.77. The van der Waals surface area contributed by atoms with Crippen molar-refractivity contribution in [3.05, 3.63) is 0 Å². The van der Waals surface area contributed by atoms with Crippen LogP contribution >= 0.6 is 0 Å². The average Bonchev–Trinajstić information content (AvgIpc) is 2.36. The molecule has 4 heteroatoms. The van der Waals surface area contributed by atoms with Crippen molar-refractivity contribution in [1.29, 1.82) is 0 Å². The fraction of sp³-hybridized carbons (Fsp3) is 0.923. The topological polar surface area (TPSA) is 49.6 Å². The molecule has 0 aliphatic rings. The van der Waals surface area contributed by atoms with Crippen LogP contribution in [0.5, 0.6) is 0 Å². The minimum absolute atomic E-state index is 0.0719. The monoisotopic (exact) mass is 243 g/mol. The van der Waals surface area contributed by atoms with Crippen molar-refractivity contribution >= 4 is 5.91 Å². The smallest absolute Gasteiger partial charge is 0.236 e. The molecule has 0 fully saturated rings. The molecule has 17 heavy (non-hydrogen) atoms. The van der Waals surface area contributed by atoms with E-state index in [9.17, 15) is 4.79 Å². The number of nitrogens with zero attached hydrogens (tertiary/aromatic N) is 2. The van der Waals surface area contributed by atoms with E-state index < -0.39 is 0 Å². The Balaban J connectivity index is 4.64. The third-order valence-corrected chi connectivity index (χ3v) is 3.79. The van der Waals surface area contributed by atoms with Crippen molar-refractivity contribution in [3.63, 3.8) is 0 Å². The molecule has 0 aliphatic carbocycles. The third kappa shape index (κ3) is 4.28. The molecule has 0 aromatic carbocycles. The predicted octanol–water partition coefficient (Wildman–Crippen LogP) is 1.30. The van der Waals surface area contributed by atoms with E-state index in [0.29, 0.717) is 13.1 Å². The summed E-state index contributed by atoms with van der Waals surface area (Å²) < 4.78 is 0. The molecular weight excluding hydrogens is 214 g/mol. The van der Waals surface area contributed by atoms with Crippen molar-refractivity contribution in [1.82, 2.24) is 9.80 Å². The molecule has 102 valence electrons. The Morgan fingerprint density at radius 1 is 1.12 bits per heavy atom. The summed E-state index contributed by atoms with van der Waals surface area (Å²) in [6.07, 6.45) is 0.961. The highest BCUT2D eigenvalue weighted by molar-refractivity contribution is 5.78. The maximum Gasteiger partial charge on any atom is 0.236 e. The van der Waals surface area contributed by atoms with Crippen LogP contribution in [0.15, 0.2) is 0 Å². The van der Waals surface area contributed by atoms with Crippen molar-refractivity contribution in [2.75, 3.05) is 32.7 Å². The average molecular weight is 243 g/mol. The first-order valence-electron chi connectivity index (χ1n) is 6.71. The van der Waals surface area contributed by atoms with Crippen LogP contribution in [0, 0.1) is 0 Å². The Hall–Kier alpha value is -0.610. The number of carbonyl (C=O) groups excluding carboxylic acids is 1. The molecule has 0 spiro atoms. The first-order chi connectivity index (χ1) is 7.98. The van der Waals surface area contributed by atoms with Crippen molar-refractivity contribution in [3.8, 4) is 0 Å². The van der Waals surface area contributed by atoms with Crippen LogP contribution in [-0.4, -0.2) is 54.0 Å². The quantitative estimate of drug-likeness (QED) is 0.699. The molecule has 0 aromatic rings. The lowest BCUT2D eigenvalue weighted by Gasteiger charge is -2.39. The van der Waals surface area contributed by atoms with Crippen LogP contribution in [0.1, 0.15) is 41.0 Å². The number of nitrogens with two attached hydrogens (primary N) is 1. The predicted molar refractivity (Wildman–Crippen MR) is 72.9 cm³/mol. The molecule has 0 heterocycles. The van der Waals surface area contributed by atoms with Gasteiger partial charge in [0.2, 0.25) is 5.91 Å². The van der Waals surface area contributed by atoms with Gasteiger partial charge in [0.25, 0.3) is 0 Å². The van der Waals surface area contributed by atoms with Crippen LogP contribution in [-0.2, 0) is 4.79 Å². The molecule has 0 aromatic heterocycles. The molecule has 0 aliphatic heterocycles. The van der Waals surface area contributed by atoms with Gasteiger partial charge in [-0.25, -0.2) is 0 Å². The zero-order valence-corrected chi connectivity index (χ0v) is 12.1. The van der Waals surface area contributed by atoms with Gasteiger partial charge in [-0.15, -0.1) is 0 Å². The van der Waals surface area contributed by atoms with Crippen LogP contribution in [0.25, 0.3) is 0 Å². The Morgan fingerprint density at radius 3 is 1.94 bits per heavy atom. The normalized spacial score (nSPS) is 14.8. The van der Waals surface area contributed by atoms with E-state index in [0.717, 1.165) is 26.1 Å². The van der Waals surface area contributed by atoms with Crippen LogP contribution < -0.4 is 5.73 Å². The third-order valence-electron chi connectivity index (χ3n) is 3.79. The highest BCUT2D eigenvalue weighted by atomic mass is 16.2. The van der Waals surface area contributed by atoms with E-state index in [1.54, 1.807) is 0 Å². The summed E-state index contributed by atoms with van der Waals surface area (Å²) in [7, 11) is 0. The summed E-state index contributed by atoms with van der Waals surface area (Å²) in [5, 5.41) is 0. The van der Waals surface area contributed by atoms with Gasteiger partial charge in [0.05, 0.1) is 6.54 Å². The van der Waals surface area contributed by atoms with Gasteiger partial charge in [-0.05, 0) is 33.7 Å². The molecule has 1 atom stereocenters. The zero-order valence-electron chi connectivity index (χ0n) is 12.1. The van der Waals surface area contributed by atoms with E-state index in [1.807, 2.05) is 18.7 Å². The number of likely N-dealkylation sites (N-methyl/N-ethyl adjacent to an activating group) is 2. The van der Waals surface area contributed by atoms with Gasteiger partial charge < -0.3 is 10.6 Å². The Labute approximate surface area is 106 Å². The van der Waals surface area contributed by atoms with Gasteiger partial charge in [0, 0.05) is 25.2 Å². The SMILES string of the molecule is CCN(CC)C(=O)CN(CC)C(C)(CC)CN. The molecular formula is C13H29N3O. The fourth-order valence-corrected chi connectivity index (χ4v) is 2.02. The Morgan fingerprint density at radius 2 is 1.65 bits per heavy atom. The minimum atomic E-state index is -0.0719. The van der Waals surface area contributed by atoms with Gasteiger partial charge in [-0.2, -0.15) is 0 Å². The fourth-order valence-electron chi connectivity index (χ4n) is 2.02. The second-order valence-corrected chi connectivity index (χ2v) is 4.63. The number of hydrogen-bond donors (Lipinski definition) is 1. The minimum Gasteiger partial charge on any atom is -0.342 e. The van der Waals surface area contributed by atoms with Crippen LogP contribution in [0.4, 0.5) is 0 Å². The lowest BCUT2D eigenvalue weighted by Crippen LogP contribution is -2.54. The summed E-state index contributed by atoms with van der Waals surface area (Å²) in [4.78, 5) is 16.2. The highest BCUT2D eigenvalue weighted by Crippen LogP contribution is 2.17. The Bertz CT molecular complexity index is 223. The maximum absolute atomic E-state index is 12.1. The van der Waals surface area contributed by atoms with Gasteiger partial charge in [0.1, 0.15) is 0 Å². The molecule has 1 unspecified atom stereocenters. The number of carbonyl (C=O) groups is 1. The summed E-state index contributed by atoms with van der Waals surface area (Å²) in [5.74, 6) is 0.199. The second-order valence-electron chi connectivity index (χ2n) is 4.63. The molecule has 0 saturated carbocycles. The van der Waals surface area contributed by atoms with Gasteiger partial charge in [-0.3, -0.25) is 9.69 Å². The Kier molecular flexibility index (Phi) is 7.39. The van der Waals surface area contributed by atoms with E-state index in [-0.39, 0.29) is 11.4 Å². The van der Waals surface area contributed by atoms with Crippen LogP contribution in [0.2, 0.25) is 0 Å². The molecule has 1 amide bonds. The molecule has 0 radical (unpaired) electrons. The summed E-state index contributed by atoms with van der Waals surface area (Å²) >= 11 is 0. The number of rotatable bonds is 8. The van der Waals surface area contributed by atoms with Crippen molar-refractivity contribution in [2.45, 2.75) is 46.6 Å². The zero-order chi connectivity index (χ0) is 13.5. The molecule has 2 N–H and O–H groups in total. The van der Waals surface area contributed by atoms with Gasteiger partial charge in [-0.1, -0.05) is 13.8 Å². The molecule has 0 bridgehead atoms. The van der Waals surface area contributed by atoms with Gasteiger partial charge >= 0.3 is 0 Å². The summed E-state index contributed by atoms with van der Waals surface area (Å²) in [6, 6.07) is 0. The lowest BCUT2D eigenvalue weighted by molar-refractivity contribution is -0.133. The van der Waals surface area contributed by atoms with Crippen LogP contribution in [0.3, 0.4) is 0 Å². The molecule has 0 rings (SSSR count). The van der Waals surface area contributed by atoms with E-state index in [2.05, 4.69) is 25.7 Å². The first kappa shape index (κ1) is 16.4. The van der Waals surface area contributed by atoms with Gasteiger partial charge in [0.15, 0.2) is 0 Å². The lowest BCUT2D eigenvalue weighted by atomic mass is 9.96. The van der Waals surface area contributed by atoms with Crippen molar-refractivity contribution in [2.24, 2.45) is 5.73 Å². The van der Waals surface area contributed by atoms with E-state index in [1.165, 1.54) is 0 Å². The molecule has 4 nitrogen and oxygen atoms in total. The van der Waals surface area contributed by atoms with E-state index >= 15 is 0 Å². The largest absolute Gasteiger partial charge is 0.342 e. The summed E-state index contributed by atoms with van der Waals surface area (Å²) in [6.45, 7) is 13.8. The maximum atomic E-state index is 12.1. The van der Waals surface area contributed by atoms with Crippen molar-refractivity contribution < 1.29 is 4.79 Å². The number of amides is 1. The highest BCUT2D eigenvalue weighted by Gasteiger charge is 2.29. The number of hydrogen-bond acceptors (Lipinski definition) is 3. The standard InChI is InChI=1S/C13H29N3O/c1-6-13(5,11-14)16(9-4)10-12(17)15(7-2)8-3/h6-11,14H2,1-5H3. The molecule has 0 saturated heterocycles. The second kappa shape index (κ2) is 7.67. The first-order valence-corrected chi connectivity index (χ1v) is 6.71.